The van der Waals surface area contributed by atoms with Gasteiger partial charge in [-0.1, -0.05) is 24.3 Å². The molecule has 0 radical (unpaired) electrons. The van der Waals surface area contributed by atoms with E-state index in [4.69, 9.17) is 23.2 Å². The molecule has 0 atom stereocenters. The fourth-order valence-corrected chi connectivity index (χ4v) is 2.68. The fraction of sp³-hybridized carbons (Fsp3) is 0.308. The summed E-state index contributed by atoms with van der Waals surface area (Å²) in [6.45, 7) is 1.65. The van der Waals surface area contributed by atoms with Gasteiger partial charge >= 0.3 is 0 Å². The summed E-state index contributed by atoms with van der Waals surface area (Å²) in [4.78, 5) is 14.2. The number of halogens is 2. The van der Waals surface area contributed by atoms with E-state index >= 15 is 0 Å². The maximum Gasteiger partial charge on any atom is 0.231 e. The van der Waals surface area contributed by atoms with Gasteiger partial charge in [-0.25, -0.2) is 0 Å². The number of benzene rings is 1. The highest BCUT2D eigenvalue weighted by Gasteiger charge is 2.17. The van der Waals surface area contributed by atoms with Crippen LogP contribution >= 0.6 is 23.2 Å². The molecule has 0 spiro atoms. The Morgan fingerprint density at radius 2 is 1.63 bits per heavy atom. The SMILES string of the molecule is Clc1nc(Cl)nc(N2CCCc3ccccc3C2)n1. The molecule has 0 unspecified atom stereocenters. The first-order valence-electron chi connectivity index (χ1n) is 6.11. The first-order valence-corrected chi connectivity index (χ1v) is 6.87. The Hall–Kier alpha value is -1.39. The second-order valence-electron chi connectivity index (χ2n) is 4.47. The van der Waals surface area contributed by atoms with Gasteiger partial charge < -0.3 is 4.90 Å². The van der Waals surface area contributed by atoms with Crippen LogP contribution in [0, 0.1) is 0 Å². The van der Waals surface area contributed by atoms with Crippen molar-refractivity contribution in [2.24, 2.45) is 0 Å². The lowest BCUT2D eigenvalue weighted by molar-refractivity contribution is 0.736. The van der Waals surface area contributed by atoms with E-state index in [1.165, 1.54) is 11.1 Å². The van der Waals surface area contributed by atoms with Crippen LogP contribution in [0.25, 0.3) is 0 Å². The van der Waals surface area contributed by atoms with Crippen molar-refractivity contribution < 1.29 is 0 Å². The second kappa shape index (κ2) is 5.31. The molecule has 19 heavy (non-hydrogen) atoms. The molecule has 0 amide bonds. The topological polar surface area (TPSA) is 41.9 Å². The molecule has 0 saturated carbocycles. The highest BCUT2D eigenvalue weighted by molar-refractivity contribution is 6.31. The van der Waals surface area contributed by atoms with Crippen molar-refractivity contribution in [3.8, 4) is 0 Å². The Bertz CT molecular complexity index is 583. The smallest absolute Gasteiger partial charge is 0.231 e. The van der Waals surface area contributed by atoms with E-state index in [1.807, 2.05) is 0 Å². The summed E-state index contributed by atoms with van der Waals surface area (Å²) < 4.78 is 0. The van der Waals surface area contributed by atoms with Gasteiger partial charge in [0.2, 0.25) is 16.5 Å². The predicted octanol–water partition coefficient (Wildman–Crippen LogP) is 3.13. The molecule has 0 bridgehead atoms. The minimum Gasteiger partial charge on any atom is -0.336 e. The van der Waals surface area contributed by atoms with Gasteiger partial charge in [0.1, 0.15) is 0 Å². The Labute approximate surface area is 121 Å². The molecule has 1 aromatic heterocycles. The van der Waals surface area contributed by atoms with Crippen LogP contribution in [-0.4, -0.2) is 21.5 Å². The van der Waals surface area contributed by atoms with Crippen molar-refractivity contribution in [1.82, 2.24) is 15.0 Å². The van der Waals surface area contributed by atoms with Crippen LogP contribution in [0.5, 0.6) is 0 Å². The van der Waals surface area contributed by atoms with Crippen molar-refractivity contribution in [3.63, 3.8) is 0 Å². The summed E-state index contributed by atoms with van der Waals surface area (Å²) in [6, 6.07) is 8.44. The van der Waals surface area contributed by atoms with Gasteiger partial charge in [-0.3, -0.25) is 0 Å². The number of anilines is 1. The normalized spacial score (nSPS) is 14.9. The van der Waals surface area contributed by atoms with Crippen LogP contribution < -0.4 is 4.90 Å². The predicted molar refractivity (Wildman–Crippen MR) is 75.7 cm³/mol. The molecule has 2 aromatic rings. The van der Waals surface area contributed by atoms with E-state index in [-0.39, 0.29) is 10.6 Å². The summed E-state index contributed by atoms with van der Waals surface area (Å²) >= 11 is 11.7. The Kier molecular flexibility index (Phi) is 3.53. The molecular weight excluding hydrogens is 283 g/mol. The van der Waals surface area contributed by atoms with Crippen LogP contribution in [-0.2, 0) is 13.0 Å². The van der Waals surface area contributed by atoms with Gasteiger partial charge in [0.25, 0.3) is 0 Å². The van der Waals surface area contributed by atoms with E-state index < -0.39 is 0 Å². The molecule has 2 heterocycles. The Balaban J connectivity index is 1.94. The molecule has 1 aliphatic heterocycles. The molecular formula is C13H12Cl2N4. The fourth-order valence-electron chi connectivity index (χ4n) is 2.33. The second-order valence-corrected chi connectivity index (χ2v) is 5.14. The number of rotatable bonds is 1. The van der Waals surface area contributed by atoms with Crippen molar-refractivity contribution in [3.05, 3.63) is 46.0 Å². The third kappa shape index (κ3) is 2.80. The maximum absolute atomic E-state index is 5.84. The van der Waals surface area contributed by atoms with Crippen LogP contribution in [0.1, 0.15) is 17.5 Å². The molecule has 98 valence electrons. The van der Waals surface area contributed by atoms with E-state index in [1.54, 1.807) is 0 Å². The van der Waals surface area contributed by atoms with Gasteiger partial charge in [-0.05, 0) is 47.2 Å². The van der Waals surface area contributed by atoms with Gasteiger partial charge in [0.15, 0.2) is 0 Å². The summed E-state index contributed by atoms with van der Waals surface area (Å²) in [5, 5.41) is 0.264. The van der Waals surface area contributed by atoms with Crippen molar-refractivity contribution >= 4 is 29.2 Å². The number of aromatic nitrogens is 3. The van der Waals surface area contributed by atoms with E-state index in [0.717, 1.165) is 25.9 Å². The highest BCUT2D eigenvalue weighted by atomic mass is 35.5. The standard InChI is InChI=1S/C13H12Cl2N4/c14-11-16-12(15)18-13(17-11)19-7-3-6-9-4-1-2-5-10(9)8-19/h1-2,4-5H,3,6-8H2. The van der Waals surface area contributed by atoms with Crippen LogP contribution in [0.3, 0.4) is 0 Å². The number of nitrogens with zero attached hydrogens (tertiary/aromatic N) is 4. The molecule has 1 aliphatic rings. The van der Waals surface area contributed by atoms with E-state index in [0.29, 0.717) is 5.95 Å². The minimum atomic E-state index is 0.132. The van der Waals surface area contributed by atoms with Crippen LogP contribution in [0.15, 0.2) is 24.3 Å². The molecule has 4 nitrogen and oxygen atoms in total. The van der Waals surface area contributed by atoms with Crippen LogP contribution in [0.4, 0.5) is 5.95 Å². The van der Waals surface area contributed by atoms with Gasteiger partial charge in [-0.2, -0.15) is 15.0 Å². The van der Waals surface area contributed by atoms with Crippen molar-refractivity contribution in [2.45, 2.75) is 19.4 Å². The monoisotopic (exact) mass is 294 g/mol. The van der Waals surface area contributed by atoms with Crippen molar-refractivity contribution in [2.75, 3.05) is 11.4 Å². The lowest BCUT2D eigenvalue weighted by Crippen LogP contribution is -2.25. The lowest BCUT2D eigenvalue weighted by atomic mass is 10.0. The minimum absolute atomic E-state index is 0.132. The molecule has 3 rings (SSSR count). The summed E-state index contributed by atoms with van der Waals surface area (Å²) in [5.41, 5.74) is 2.68. The van der Waals surface area contributed by atoms with Crippen molar-refractivity contribution in [1.29, 1.82) is 0 Å². The Morgan fingerprint density at radius 1 is 0.947 bits per heavy atom. The third-order valence-electron chi connectivity index (χ3n) is 3.21. The zero-order chi connectivity index (χ0) is 13.2. The molecule has 0 saturated heterocycles. The number of hydrogen-bond donors (Lipinski definition) is 0. The molecule has 0 N–H and O–H groups in total. The average Bonchev–Trinajstić information content (AvgIpc) is 2.59. The lowest BCUT2D eigenvalue weighted by Gasteiger charge is -2.20. The molecule has 6 heteroatoms. The Morgan fingerprint density at radius 3 is 2.37 bits per heavy atom. The number of fused-ring (bicyclic) bond motifs is 1. The van der Waals surface area contributed by atoms with E-state index in [2.05, 4.69) is 44.1 Å². The largest absolute Gasteiger partial charge is 0.336 e. The van der Waals surface area contributed by atoms with Gasteiger partial charge in [0, 0.05) is 13.1 Å². The summed E-state index contributed by atoms with van der Waals surface area (Å²) in [6.07, 6.45) is 2.12. The quantitative estimate of drug-likeness (QED) is 0.810. The number of aryl methyl sites for hydroxylation is 1. The zero-order valence-corrected chi connectivity index (χ0v) is 11.7. The maximum atomic E-state index is 5.84. The first kappa shape index (κ1) is 12.6. The van der Waals surface area contributed by atoms with E-state index in [9.17, 15) is 0 Å². The molecule has 1 aromatic carbocycles. The summed E-state index contributed by atoms with van der Waals surface area (Å²) in [7, 11) is 0. The van der Waals surface area contributed by atoms with Crippen LogP contribution in [0.2, 0.25) is 10.6 Å². The summed E-state index contributed by atoms with van der Waals surface area (Å²) in [5.74, 6) is 0.543. The van der Waals surface area contributed by atoms with Gasteiger partial charge in [0.05, 0.1) is 0 Å². The third-order valence-corrected chi connectivity index (χ3v) is 3.54. The van der Waals surface area contributed by atoms with Gasteiger partial charge in [-0.15, -0.1) is 0 Å². The average molecular weight is 295 g/mol. The number of hydrogen-bond acceptors (Lipinski definition) is 4. The molecule has 0 aliphatic carbocycles. The molecule has 0 fully saturated rings. The zero-order valence-electron chi connectivity index (χ0n) is 10.2. The highest BCUT2D eigenvalue weighted by Crippen LogP contribution is 2.22. The first-order chi connectivity index (χ1) is 9.22.